The third-order valence-corrected chi connectivity index (χ3v) is 11.4. The van der Waals surface area contributed by atoms with Crippen LogP contribution >= 0.6 is 0 Å². The fraction of sp³-hybridized carbons (Fsp3) is 0.962. The van der Waals surface area contributed by atoms with Gasteiger partial charge in [-0.15, -0.1) is 0 Å². The van der Waals surface area contributed by atoms with Crippen molar-refractivity contribution in [2.24, 2.45) is 0 Å². The molecule has 0 amide bonds. The van der Waals surface area contributed by atoms with E-state index >= 15 is 0 Å². The Hall–Kier alpha value is -0.353. The molecular formula is C26H54O3Si. The van der Waals surface area contributed by atoms with E-state index in [0.717, 1.165) is 12.8 Å². The van der Waals surface area contributed by atoms with E-state index in [4.69, 9.17) is 4.43 Å². The normalized spacial score (nSPS) is 13.4. The Morgan fingerprint density at radius 3 is 1.47 bits per heavy atom. The first kappa shape index (κ1) is 29.6. The molecule has 1 unspecified atom stereocenters. The van der Waals surface area contributed by atoms with Crippen molar-refractivity contribution >= 4 is 14.3 Å². The predicted octanol–water partition coefficient (Wildman–Crippen LogP) is 8.81. The molecule has 0 saturated heterocycles. The van der Waals surface area contributed by atoms with Crippen LogP contribution < -0.4 is 0 Å². The van der Waals surface area contributed by atoms with Gasteiger partial charge in [0.25, 0.3) is 0 Å². The topological polar surface area (TPSA) is 35.5 Å². The number of rotatable bonds is 19. The Kier molecular flexibility index (Phi) is 17.0. The molecule has 1 atom stereocenters. The number of carbonyl (C=O) groups is 1. The highest BCUT2D eigenvalue weighted by atomic mass is 28.4. The summed E-state index contributed by atoms with van der Waals surface area (Å²) in [4.78, 5) is 11.0. The van der Waals surface area contributed by atoms with Crippen molar-refractivity contribution in [3.8, 4) is 0 Å². The average molecular weight is 443 g/mol. The summed E-state index contributed by atoms with van der Waals surface area (Å²) in [5.74, 6) is -0.0692. The smallest absolute Gasteiger partial charge is 0.305 e. The van der Waals surface area contributed by atoms with Crippen LogP contribution in [0, 0.1) is 0 Å². The van der Waals surface area contributed by atoms with Crippen molar-refractivity contribution in [2.45, 2.75) is 155 Å². The molecular weight excluding hydrogens is 388 g/mol. The van der Waals surface area contributed by atoms with Crippen molar-refractivity contribution in [3.63, 3.8) is 0 Å². The molecule has 0 aromatic rings. The van der Waals surface area contributed by atoms with Gasteiger partial charge in [-0.2, -0.15) is 0 Å². The standard InChI is InChI=1S/C26H54O3Si/c1-24(29-30(6,7)26(2,3)4)22-20-18-16-14-12-10-8-9-11-13-15-17-19-21-23-25(27)28-5/h24H,8-23H2,1-7H3. The first-order chi connectivity index (χ1) is 14.1. The van der Waals surface area contributed by atoms with E-state index in [1.807, 2.05) is 0 Å². The molecule has 0 radical (unpaired) electrons. The highest BCUT2D eigenvalue weighted by Crippen LogP contribution is 2.37. The van der Waals surface area contributed by atoms with Gasteiger partial charge in [-0.25, -0.2) is 0 Å². The van der Waals surface area contributed by atoms with Crippen LogP contribution in [0.2, 0.25) is 18.1 Å². The van der Waals surface area contributed by atoms with Crippen LogP contribution in [-0.2, 0) is 14.0 Å². The van der Waals surface area contributed by atoms with Gasteiger partial charge in [0.2, 0.25) is 0 Å². The largest absolute Gasteiger partial charge is 0.469 e. The SMILES string of the molecule is COC(=O)CCCCCCCCCCCCCCCCC(C)O[Si](C)(C)C(C)(C)C. The molecule has 180 valence electrons. The third kappa shape index (κ3) is 16.4. The fourth-order valence-electron chi connectivity index (χ4n) is 3.66. The van der Waals surface area contributed by atoms with Gasteiger partial charge in [0, 0.05) is 12.5 Å². The zero-order valence-corrected chi connectivity index (χ0v) is 22.6. The number of ether oxygens (including phenoxy) is 1. The molecule has 0 spiro atoms. The van der Waals surface area contributed by atoms with Gasteiger partial charge in [0.05, 0.1) is 7.11 Å². The van der Waals surface area contributed by atoms with Crippen molar-refractivity contribution < 1.29 is 14.0 Å². The zero-order chi connectivity index (χ0) is 22.9. The molecule has 0 fully saturated rings. The van der Waals surface area contributed by atoms with E-state index in [1.54, 1.807) is 0 Å². The predicted molar refractivity (Wildman–Crippen MR) is 134 cm³/mol. The van der Waals surface area contributed by atoms with Crippen molar-refractivity contribution in [3.05, 3.63) is 0 Å². The van der Waals surface area contributed by atoms with Crippen molar-refractivity contribution in [1.29, 1.82) is 0 Å². The summed E-state index contributed by atoms with van der Waals surface area (Å²) >= 11 is 0. The van der Waals surface area contributed by atoms with Crippen molar-refractivity contribution in [1.82, 2.24) is 0 Å². The second-order valence-electron chi connectivity index (χ2n) is 10.8. The van der Waals surface area contributed by atoms with Gasteiger partial charge in [-0.05, 0) is 37.9 Å². The highest BCUT2D eigenvalue weighted by Gasteiger charge is 2.38. The van der Waals surface area contributed by atoms with Gasteiger partial charge in [0.1, 0.15) is 0 Å². The number of unbranched alkanes of at least 4 members (excludes halogenated alkanes) is 13. The van der Waals surface area contributed by atoms with Gasteiger partial charge in [-0.1, -0.05) is 104 Å². The van der Waals surface area contributed by atoms with Crippen LogP contribution in [0.1, 0.15) is 130 Å². The molecule has 0 aromatic heterocycles. The summed E-state index contributed by atoms with van der Waals surface area (Å²) in [6, 6.07) is 0. The molecule has 0 rings (SSSR count). The molecule has 3 nitrogen and oxygen atoms in total. The first-order valence-electron chi connectivity index (χ1n) is 12.8. The maximum atomic E-state index is 11.0. The number of hydrogen-bond acceptors (Lipinski definition) is 3. The van der Waals surface area contributed by atoms with Gasteiger partial charge >= 0.3 is 5.97 Å². The highest BCUT2D eigenvalue weighted by molar-refractivity contribution is 6.74. The lowest BCUT2D eigenvalue weighted by Gasteiger charge is -2.38. The minimum atomic E-state index is -1.60. The molecule has 0 aliphatic heterocycles. The Balaban J connectivity index is 3.34. The summed E-state index contributed by atoms with van der Waals surface area (Å²) in [5, 5.41) is 0.312. The fourth-order valence-corrected chi connectivity index (χ4v) is 5.14. The number of hydrogen-bond donors (Lipinski definition) is 0. The quantitative estimate of drug-likeness (QED) is 0.114. The van der Waals surface area contributed by atoms with E-state index in [9.17, 15) is 4.79 Å². The van der Waals surface area contributed by atoms with Gasteiger partial charge in [-0.3, -0.25) is 4.79 Å². The van der Waals surface area contributed by atoms with E-state index in [0.29, 0.717) is 17.6 Å². The summed E-state index contributed by atoms with van der Waals surface area (Å²) in [6.07, 6.45) is 20.7. The minimum absolute atomic E-state index is 0.0692. The summed E-state index contributed by atoms with van der Waals surface area (Å²) in [6.45, 7) is 13.9. The average Bonchev–Trinajstić information content (AvgIpc) is 2.66. The molecule has 4 heteroatoms. The zero-order valence-electron chi connectivity index (χ0n) is 21.6. The number of carbonyl (C=O) groups excluding carboxylic acids is 1. The number of methoxy groups -OCH3 is 1. The molecule has 0 heterocycles. The Morgan fingerprint density at radius 2 is 1.10 bits per heavy atom. The van der Waals surface area contributed by atoms with E-state index in [2.05, 4.69) is 45.5 Å². The Labute approximate surface area is 190 Å². The minimum Gasteiger partial charge on any atom is -0.469 e. The van der Waals surface area contributed by atoms with E-state index in [-0.39, 0.29) is 5.97 Å². The molecule has 0 saturated carbocycles. The third-order valence-electron chi connectivity index (χ3n) is 6.77. The van der Waals surface area contributed by atoms with Crippen LogP contribution in [0.3, 0.4) is 0 Å². The second kappa shape index (κ2) is 17.2. The van der Waals surface area contributed by atoms with Crippen LogP contribution in [0.5, 0.6) is 0 Å². The molecule has 0 bridgehead atoms. The molecule has 30 heavy (non-hydrogen) atoms. The summed E-state index contributed by atoms with van der Waals surface area (Å²) < 4.78 is 11.1. The van der Waals surface area contributed by atoms with Crippen LogP contribution in [-0.4, -0.2) is 27.5 Å². The summed E-state index contributed by atoms with van der Waals surface area (Å²) in [7, 11) is -0.131. The van der Waals surface area contributed by atoms with E-state index in [1.165, 1.54) is 90.6 Å². The lowest BCUT2D eigenvalue weighted by atomic mass is 10.0. The summed E-state index contributed by atoms with van der Waals surface area (Å²) in [5.41, 5.74) is 0. The molecule has 0 aromatic carbocycles. The van der Waals surface area contributed by atoms with Gasteiger partial charge in [0.15, 0.2) is 8.32 Å². The first-order valence-corrected chi connectivity index (χ1v) is 15.8. The Morgan fingerprint density at radius 1 is 0.733 bits per heavy atom. The molecule has 0 aliphatic rings. The Bertz CT molecular complexity index is 415. The van der Waals surface area contributed by atoms with Crippen LogP contribution in [0.25, 0.3) is 0 Å². The monoisotopic (exact) mass is 442 g/mol. The van der Waals surface area contributed by atoms with Crippen LogP contribution in [0.4, 0.5) is 0 Å². The second-order valence-corrected chi connectivity index (χ2v) is 15.5. The maximum absolute atomic E-state index is 11.0. The van der Waals surface area contributed by atoms with Crippen LogP contribution in [0.15, 0.2) is 0 Å². The van der Waals surface area contributed by atoms with E-state index < -0.39 is 8.32 Å². The maximum Gasteiger partial charge on any atom is 0.305 e. The molecule has 0 aliphatic carbocycles. The number of esters is 1. The van der Waals surface area contributed by atoms with Gasteiger partial charge < -0.3 is 9.16 Å². The lowest BCUT2D eigenvalue weighted by molar-refractivity contribution is -0.140. The lowest BCUT2D eigenvalue weighted by Crippen LogP contribution is -2.43. The molecule has 0 N–H and O–H groups in total. The van der Waals surface area contributed by atoms with Crippen molar-refractivity contribution in [2.75, 3.05) is 7.11 Å².